The van der Waals surface area contributed by atoms with E-state index < -0.39 is 0 Å². The molecule has 112 valence electrons. The number of rotatable bonds is 4. The number of hydrogen-bond acceptors (Lipinski definition) is 5. The molecule has 1 saturated heterocycles. The molecule has 2 aromatic rings. The molecule has 3 N–H and O–H groups in total. The van der Waals surface area contributed by atoms with Crippen LogP contribution in [0.5, 0.6) is 0 Å². The molecule has 0 unspecified atom stereocenters. The van der Waals surface area contributed by atoms with Gasteiger partial charge in [0, 0.05) is 37.6 Å². The molecule has 7 nitrogen and oxygen atoms in total. The zero-order valence-electron chi connectivity index (χ0n) is 11.7. The smallest absolute Gasteiger partial charge is 0.216 e. The van der Waals surface area contributed by atoms with Crippen molar-refractivity contribution >= 4 is 17.7 Å². The van der Waals surface area contributed by atoms with E-state index in [0.29, 0.717) is 30.5 Å². The number of nitrogens with one attached hydrogen (secondary N) is 1. The van der Waals surface area contributed by atoms with E-state index in [1.165, 1.54) is 0 Å². The Bertz CT molecular complexity index is 588. The van der Waals surface area contributed by atoms with Crippen molar-refractivity contribution in [3.8, 4) is 11.6 Å². The van der Waals surface area contributed by atoms with Gasteiger partial charge in [0.05, 0.1) is 6.26 Å². The predicted molar refractivity (Wildman–Crippen MR) is 83.2 cm³/mol. The third-order valence-electron chi connectivity index (χ3n) is 3.23. The highest BCUT2D eigenvalue weighted by Gasteiger charge is 2.12. The lowest BCUT2D eigenvalue weighted by atomic mass is 10.4. The molecule has 0 saturated carbocycles. The van der Waals surface area contributed by atoms with Gasteiger partial charge in [0.25, 0.3) is 0 Å². The molecule has 1 aliphatic heterocycles. The van der Waals surface area contributed by atoms with Crippen LogP contribution >= 0.6 is 11.8 Å². The number of furan rings is 1. The summed E-state index contributed by atoms with van der Waals surface area (Å²) in [6, 6.07) is 3.64. The first-order valence-corrected chi connectivity index (χ1v) is 8.06. The third-order valence-corrected chi connectivity index (χ3v) is 4.17. The summed E-state index contributed by atoms with van der Waals surface area (Å²) in [5.41, 5.74) is 6.00. The lowest BCUT2D eigenvalue weighted by Crippen LogP contribution is -2.42. The van der Waals surface area contributed by atoms with E-state index in [9.17, 15) is 0 Å². The fraction of sp³-hybridized carbons (Fsp3) is 0.462. The first-order valence-electron chi connectivity index (χ1n) is 6.91. The van der Waals surface area contributed by atoms with Crippen LogP contribution in [0.4, 0.5) is 0 Å². The Balaban J connectivity index is 1.53. The number of H-pyrrole nitrogens is 1. The van der Waals surface area contributed by atoms with Crippen LogP contribution in [0, 0.1) is 0 Å². The van der Waals surface area contributed by atoms with Crippen molar-refractivity contribution in [2.24, 2.45) is 10.7 Å². The number of aliphatic imine (C=N–C) groups is 1. The molecule has 0 aliphatic carbocycles. The van der Waals surface area contributed by atoms with Crippen molar-refractivity contribution in [1.82, 2.24) is 20.1 Å². The SMILES string of the molecule is NC(=NCCc1nc(-c2ccco2)n[nH]1)N1CCSCC1. The lowest BCUT2D eigenvalue weighted by Gasteiger charge is -2.27. The fourth-order valence-corrected chi connectivity index (χ4v) is 3.00. The second-order valence-corrected chi connectivity index (χ2v) is 5.90. The van der Waals surface area contributed by atoms with E-state index >= 15 is 0 Å². The van der Waals surface area contributed by atoms with Crippen molar-refractivity contribution in [2.45, 2.75) is 6.42 Å². The summed E-state index contributed by atoms with van der Waals surface area (Å²) in [6.45, 7) is 2.55. The molecule has 3 rings (SSSR count). The molecule has 1 fully saturated rings. The second-order valence-electron chi connectivity index (χ2n) is 4.67. The quantitative estimate of drug-likeness (QED) is 0.645. The largest absolute Gasteiger partial charge is 0.461 e. The number of guanidine groups is 1. The number of aromatic nitrogens is 3. The Labute approximate surface area is 127 Å². The first-order chi connectivity index (χ1) is 10.3. The highest BCUT2D eigenvalue weighted by molar-refractivity contribution is 7.99. The Kier molecular flexibility index (Phi) is 4.44. The maximum atomic E-state index is 6.00. The Morgan fingerprint density at radius 2 is 2.33 bits per heavy atom. The van der Waals surface area contributed by atoms with Crippen LogP contribution in [0.1, 0.15) is 5.82 Å². The molecule has 2 aromatic heterocycles. The molecule has 1 aliphatic rings. The topological polar surface area (TPSA) is 96.3 Å². The number of nitrogens with zero attached hydrogens (tertiary/aromatic N) is 4. The van der Waals surface area contributed by atoms with E-state index in [0.717, 1.165) is 30.4 Å². The molecular weight excluding hydrogens is 288 g/mol. The minimum absolute atomic E-state index is 0.569. The van der Waals surface area contributed by atoms with Gasteiger partial charge in [0.15, 0.2) is 11.7 Å². The van der Waals surface area contributed by atoms with Crippen molar-refractivity contribution in [3.05, 3.63) is 24.2 Å². The van der Waals surface area contributed by atoms with Crippen LogP contribution in [0.15, 0.2) is 27.8 Å². The van der Waals surface area contributed by atoms with E-state index in [1.54, 1.807) is 6.26 Å². The van der Waals surface area contributed by atoms with Gasteiger partial charge < -0.3 is 15.1 Å². The number of thioether (sulfide) groups is 1. The Morgan fingerprint density at radius 1 is 1.48 bits per heavy atom. The van der Waals surface area contributed by atoms with E-state index in [2.05, 4.69) is 25.1 Å². The van der Waals surface area contributed by atoms with E-state index in [4.69, 9.17) is 10.2 Å². The monoisotopic (exact) mass is 306 g/mol. The summed E-state index contributed by atoms with van der Waals surface area (Å²) in [5, 5.41) is 7.02. The van der Waals surface area contributed by atoms with E-state index in [-0.39, 0.29) is 0 Å². The van der Waals surface area contributed by atoms with Gasteiger partial charge in [-0.05, 0) is 12.1 Å². The minimum Gasteiger partial charge on any atom is -0.461 e. The average molecular weight is 306 g/mol. The number of hydrogen-bond donors (Lipinski definition) is 2. The van der Waals surface area contributed by atoms with Crippen LogP contribution in [0.3, 0.4) is 0 Å². The molecule has 0 radical (unpaired) electrons. The van der Waals surface area contributed by atoms with E-state index in [1.807, 2.05) is 23.9 Å². The zero-order valence-corrected chi connectivity index (χ0v) is 12.5. The lowest BCUT2D eigenvalue weighted by molar-refractivity contribution is 0.456. The van der Waals surface area contributed by atoms with Gasteiger partial charge in [-0.1, -0.05) is 0 Å². The third kappa shape index (κ3) is 3.57. The highest BCUT2D eigenvalue weighted by Crippen LogP contribution is 2.14. The highest BCUT2D eigenvalue weighted by atomic mass is 32.2. The second kappa shape index (κ2) is 6.66. The van der Waals surface area contributed by atoms with Gasteiger partial charge in [-0.25, -0.2) is 4.98 Å². The summed E-state index contributed by atoms with van der Waals surface area (Å²) in [4.78, 5) is 10.9. The molecule has 0 aromatic carbocycles. The van der Waals surface area contributed by atoms with Crippen molar-refractivity contribution < 1.29 is 4.42 Å². The van der Waals surface area contributed by atoms with Crippen molar-refractivity contribution in [2.75, 3.05) is 31.1 Å². The molecule has 0 atom stereocenters. The number of nitrogens with two attached hydrogens (primary N) is 1. The average Bonchev–Trinajstić information content (AvgIpc) is 3.19. The summed E-state index contributed by atoms with van der Waals surface area (Å²) in [7, 11) is 0. The van der Waals surface area contributed by atoms with Crippen LogP contribution in [-0.4, -0.2) is 57.2 Å². The molecule has 8 heteroatoms. The van der Waals surface area contributed by atoms with Crippen LogP contribution in [-0.2, 0) is 6.42 Å². The van der Waals surface area contributed by atoms with Crippen LogP contribution in [0.25, 0.3) is 11.6 Å². The normalized spacial score (nSPS) is 16.4. The van der Waals surface area contributed by atoms with Crippen LogP contribution < -0.4 is 5.73 Å². The molecule has 3 heterocycles. The summed E-state index contributed by atoms with van der Waals surface area (Å²) < 4.78 is 5.25. The van der Waals surface area contributed by atoms with Gasteiger partial charge in [-0.2, -0.15) is 16.9 Å². The minimum atomic E-state index is 0.569. The molecule has 21 heavy (non-hydrogen) atoms. The fourth-order valence-electron chi connectivity index (χ4n) is 2.09. The Hall–Kier alpha value is -1.96. The van der Waals surface area contributed by atoms with Gasteiger partial charge >= 0.3 is 0 Å². The molecule has 0 spiro atoms. The maximum Gasteiger partial charge on any atom is 0.216 e. The zero-order chi connectivity index (χ0) is 14.5. The molecule has 0 bridgehead atoms. The summed E-state index contributed by atoms with van der Waals surface area (Å²) >= 11 is 1.95. The summed E-state index contributed by atoms with van der Waals surface area (Å²) in [6.07, 6.45) is 2.28. The van der Waals surface area contributed by atoms with Crippen LogP contribution in [0.2, 0.25) is 0 Å². The van der Waals surface area contributed by atoms with Crippen molar-refractivity contribution in [3.63, 3.8) is 0 Å². The summed E-state index contributed by atoms with van der Waals surface area (Å²) in [5.74, 6) is 4.87. The number of aromatic amines is 1. The van der Waals surface area contributed by atoms with Crippen molar-refractivity contribution in [1.29, 1.82) is 0 Å². The van der Waals surface area contributed by atoms with Gasteiger partial charge in [-0.3, -0.25) is 10.1 Å². The first kappa shape index (κ1) is 14.0. The predicted octanol–water partition coefficient (Wildman–Crippen LogP) is 0.971. The van der Waals surface area contributed by atoms with Gasteiger partial charge in [0.1, 0.15) is 5.82 Å². The van der Waals surface area contributed by atoms with Gasteiger partial charge in [0.2, 0.25) is 5.82 Å². The van der Waals surface area contributed by atoms with Gasteiger partial charge in [-0.15, -0.1) is 0 Å². The standard InChI is InChI=1S/C13H18N6OS/c14-13(19-5-8-21-9-6-19)15-4-3-11-16-12(18-17-11)10-2-1-7-20-10/h1-2,7H,3-6,8-9H2,(H2,14,15)(H,16,17,18). The maximum absolute atomic E-state index is 6.00. The molecule has 0 amide bonds. The molecular formula is C13H18N6OS. The Morgan fingerprint density at radius 3 is 3.10 bits per heavy atom.